The maximum Gasteiger partial charge on any atom is 0.254 e. The lowest BCUT2D eigenvalue weighted by molar-refractivity contribution is 0.0390. The van der Waals surface area contributed by atoms with Crippen LogP contribution in [0.15, 0.2) is 16.6 Å². The molecule has 1 heterocycles. The average molecular weight is 382 g/mol. The van der Waals surface area contributed by atoms with Crippen molar-refractivity contribution in [2.24, 2.45) is 5.92 Å². The van der Waals surface area contributed by atoms with E-state index in [0.717, 1.165) is 23.9 Å². The van der Waals surface area contributed by atoms with Gasteiger partial charge in [-0.15, -0.1) is 0 Å². The molecule has 2 fully saturated rings. The number of benzene rings is 1. The Hall–Kier alpha value is -1.23. The van der Waals surface area contributed by atoms with Crippen molar-refractivity contribution in [2.75, 3.05) is 20.8 Å². The second-order valence-electron chi connectivity index (χ2n) is 6.45. The molecule has 23 heavy (non-hydrogen) atoms. The summed E-state index contributed by atoms with van der Waals surface area (Å²) in [7, 11) is 3.21. The second kappa shape index (κ2) is 7.12. The molecule has 2 atom stereocenters. The smallest absolute Gasteiger partial charge is 0.254 e. The molecule has 2 unspecified atom stereocenters. The first-order valence-corrected chi connectivity index (χ1v) is 9.17. The standard InChI is InChI=1S/C18H24BrNO3/c1-22-15-10-13(11-16(23-2)17(15)19)18(21)20-9-5-7-12-6-3-4-8-14(12)20/h10-12,14H,3-9H2,1-2H3. The number of piperidine rings is 1. The van der Waals surface area contributed by atoms with Crippen molar-refractivity contribution in [2.45, 2.75) is 44.6 Å². The lowest BCUT2D eigenvalue weighted by Gasteiger charge is -2.44. The Morgan fingerprint density at radius 3 is 2.35 bits per heavy atom. The Kier molecular flexibility index (Phi) is 5.14. The third kappa shape index (κ3) is 3.21. The van der Waals surface area contributed by atoms with Crippen LogP contribution in [0.1, 0.15) is 48.9 Å². The van der Waals surface area contributed by atoms with Crippen LogP contribution in [0, 0.1) is 5.92 Å². The SMILES string of the molecule is COc1cc(C(=O)N2CCCC3CCCCC32)cc(OC)c1Br. The van der Waals surface area contributed by atoms with E-state index in [4.69, 9.17) is 9.47 Å². The van der Waals surface area contributed by atoms with E-state index in [0.29, 0.717) is 29.0 Å². The van der Waals surface area contributed by atoms with E-state index in [-0.39, 0.29) is 5.91 Å². The summed E-state index contributed by atoms with van der Waals surface area (Å²) in [6.45, 7) is 0.862. The number of hydrogen-bond donors (Lipinski definition) is 0. The Balaban J connectivity index is 1.90. The Morgan fingerprint density at radius 2 is 1.70 bits per heavy atom. The van der Waals surface area contributed by atoms with Crippen molar-refractivity contribution in [1.82, 2.24) is 4.90 Å². The molecule has 1 saturated carbocycles. The van der Waals surface area contributed by atoms with Crippen LogP contribution in [0.2, 0.25) is 0 Å². The maximum atomic E-state index is 13.1. The highest BCUT2D eigenvalue weighted by Gasteiger charge is 2.36. The first-order chi connectivity index (χ1) is 11.2. The lowest BCUT2D eigenvalue weighted by atomic mass is 9.78. The van der Waals surface area contributed by atoms with Gasteiger partial charge in [0.2, 0.25) is 0 Å². The molecule has 1 aliphatic carbocycles. The highest BCUT2D eigenvalue weighted by molar-refractivity contribution is 9.10. The number of carbonyl (C=O) groups excluding carboxylic acids is 1. The van der Waals surface area contributed by atoms with Crippen molar-refractivity contribution in [3.63, 3.8) is 0 Å². The van der Waals surface area contributed by atoms with Gasteiger partial charge in [-0.1, -0.05) is 12.8 Å². The summed E-state index contributed by atoms with van der Waals surface area (Å²) in [6, 6.07) is 4.02. The van der Waals surface area contributed by atoms with E-state index in [1.54, 1.807) is 26.4 Å². The van der Waals surface area contributed by atoms with Gasteiger partial charge in [-0.2, -0.15) is 0 Å². The van der Waals surface area contributed by atoms with Crippen molar-refractivity contribution in [3.05, 3.63) is 22.2 Å². The fourth-order valence-corrected chi connectivity index (χ4v) is 4.59. The van der Waals surface area contributed by atoms with Crippen molar-refractivity contribution in [3.8, 4) is 11.5 Å². The summed E-state index contributed by atoms with van der Waals surface area (Å²) >= 11 is 3.46. The van der Waals surface area contributed by atoms with Gasteiger partial charge in [0.25, 0.3) is 5.91 Å². The number of halogens is 1. The Morgan fingerprint density at radius 1 is 1.09 bits per heavy atom. The van der Waals surface area contributed by atoms with Crippen LogP contribution in [-0.4, -0.2) is 37.6 Å². The fraction of sp³-hybridized carbons (Fsp3) is 0.611. The van der Waals surface area contributed by atoms with E-state index in [1.165, 1.54) is 25.7 Å². The van der Waals surface area contributed by atoms with Crippen LogP contribution < -0.4 is 9.47 Å². The van der Waals surface area contributed by atoms with Crippen molar-refractivity contribution < 1.29 is 14.3 Å². The number of carbonyl (C=O) groups is 1. The number of nitrogens with zero attached hydrogens (tertiary/aromatic N) is 1. The molecular formula is C18H24BrNO3. The van der Waals surface area contributed by atoms with Crippen molar-refractivity contribution in [1.29, 1.82) is 0 Å². The maximum absolute atomic E-state index is 13.1. The number of hydrogen-bond acceptors (Lipinski definition) is 3. The zero-order valence-electron chi connectivity index (χ0n) is 13.8. The van der Waals surface area contributed by atoms with Gasteiger partial charge < -0.3 is 14.4 Å². The van der Waals surface area contributed by atoms with Crippen LogP contribution in [0.4, 0.5) is 0 Å². The Labute approximate surface area is 146 Å². The highest BCUT2D eigenvalue weighted by Crippen LogP contribution is 2.39. The van der Waals surface area contributed by atoms with Gasteiger partial charge in [0.1, 0.15) is 16.0 Å². The molecule has 1 aliphatic heterocycles. The summed E-state index contributed by atoms with van der Waals surface area (Å²) in [5.74, 6) is 2.04. The van der Waals surface area contributed by atoms with E-state index in [1.807, 2.05) is 0 Å². The first kappa shape index (κ1) is 16.6. The summed E-state index contributed by atoms with van der Waals surface area (Å²) < 4.78 is 11.5. The fourth-order valence-electron chi connectivity index (χ4n) is 4.04. The van der Waals surface area contributed by atoms with E-state index in [9.17, 15) is 4.79 Å². The number of likely N-dealkylation sites (tertiary alicyclic amines) is 1. The zero-order valence-corrected chi connectivity index (χ0v) is 15.4. The van der Waals surface area contributed by atoms with Crippen LogP contribution >= 0.6 is 15.9 Å². The van der Waals surface area contributed by atoms with Gasteiger partial charge in [0.15, 0.2) is 0 Å². The summed E-state index contributed by atoms with van der Waals surface area (Å²) in [5.41, 5.74) is 0.646. The molecule has 0 N–H and O–H groups in total. The molecule has 5 heteroatoms. The van der Waals surface area contributed by atoms with Gasteiger partial charge in [-0.25, -0.2) is 0 Å². The third-order valence-corrected chi connectivity index (χ3v) is 5.98. The first-order valence-electron chi connectivity index (χ1n) is 8.38. The van der Waals surface area contributed by atoms with Gasteiger partial charge >= 0.3 is 0 Å². The summed E-state index contributed by atoms with van der Waals surface area (Å²) in [5, 5.41) is 0. The third-order valence-electron chi connectivity index (χ3n) is 5.20. The van der Waals surface area contributed by atoms with E-state index >= 15 is 0 Å². The number of amides is 1. The predicted octanol–water partition coefficient (Wildman–Crippen LogP) is 4.26. The van der Waals surface area contributed by atoms with E-state index < -0.39 is 0 Å². The number of ether oxygens (including phenoxy) is 2. The van der Waals surface area contributed by atoms with E-state index in [2.05, 4.69) is 20.8 Å². The summed E-state index contributed by atoms with van der Waals surface area (Å²) in [6.07, 6.45) is 7.32. The number of methoxy groups -OCH3 is 2. The van der Waals surface area contributed by atoms with Crippen LogP contribution in [0.25, 0.3) is 0 Å². The molecule has 1 aromatic carbocycles. The van der Waals surface area contributed by atoms with Crippen LogP contribution in [-0.2, 0) is 0 Å². The quantitative estimate of drug-likeness (QED) is 0.784. The van der Waals surface area contributed by atoms with Gasteiger partial charge in [0, 0.05) is 18.2 Å². The van der Waals surface area contributed by atoms with Gasteiger partial charge in [-0.3, -0.25) is 4.79 Å². The van der Waals surface area contributed by atoms with Gasteiger partial charge in [-0.05, 0) is 59.7 Å². The topological polar surface area (TPSA) is 38.8 Å². The second-order valence-corrected chi connectivity index (χ2v) is 7.24. The molecule has 4 nitrogen and oxygen atoms in total. The molecule has 2 aliphatic rings. The zero-order chi connectivity index (χ0) is 16.4. The van der Waals surface area contributed by atoms with Gasteiger partial charge in [0.05, 0.1) is 14.2 Å². The molecule has 0 aromatic heterocycles. The molecule has 1 aromatic rings. The Bertz CT molecular complexity index is 563. The number of fused-ring (bicyclic) bond motifs is 1. The molecule has 0 bridgehead atoms. The monoisotopic (exact) mass is 381 g/mol. The molecule has 3 rings (SSSR count). The number of rotatable bonds is 3. The minimum absolute atomic E-state index is 0.103. The molecule has 1 amide bonds. The minimum atomic E-state index is 0.103. The molecule has 126 valence electrons. The summed E-state index contributed by atoms with van der Waals surface area (Å²) in [4.78, 5) is 15.2. The normalized spacial score (nSPS) is 24.0. The predicted molar refractivity (Wildman–Crippen MR) is 93.3 cm³/mol. The molecule has 0 radical (unpaired) electrons. The van der Waals surface area contributed by atoms with Crippen LogP contribution in [0.3, 0.4) is 0 Å². The largest absolute Gasteiger partial charge is 0.495 e. The highest BCUT2D eigenvalue weighted by atomic mass is 79.9. The molecule has 0 spiro atoms. The molecule has 1 saturated heterocycles. The average Bonchev–Trinajstić information content (AvgIpc) is 2.60. The molecular weight excluding hydrogens is 358 g/mol. The minimum Gasteiger partial charge on any atom is -0.495 e. The van der Waals surface area contributed by atoms with Crippen molar-refractivity contribution >= 4 is 21.8 Å². The lowest BCUT2D eigenvalue weighted by Crippen LogP contribution is -2.49. The van der Waals surface area contributed by atoms with Crippen LogP contribution in [0.5, 0.6) is 11.5 Å².